The highest BCUT2D eigenvalue weighted by molar-refractivity contribution is 5.69. The van der Waals surface area contributed by atoms with Gasteiger partial charge in [0.15, 0.2) is 0 Å². The number of allylic oxidation sites excluding steroid dienone is 1. The van der Waals surface area contributed by atoms with Crippen molar-refractivity contribution < 1.29 is 9.13 Å². The number of halogens is 1. The van der Waals surface area contributed by atoms with E-state index in [2.05, 4.69) is 42.2 Å². The zero-order valence-corrected chi connectivity index (χ0v) is 13.5. The van der Waals surface area contributed by atoms with Crippen molar-refractivity contribution in [3.63, 3.8) is 0 Å². The highest BCUT2D eigenvalue weighted by Gasteiger charge is 2.08. The van der Waals surface area contributed by atoms with E-state index in [0.29, 0.717) is 0 Å². The molecule has 3 rings (SSSR count). The third kappa shape index (κ3) is 4.27. The second kappa shape index (κ2) is 7.53. The smallest absolute Gasteiger partial charge is 0.123 e. The molecule has 2 aromatic rings. The summed E-state index contributed by atoms with van der Waals surface area (Å²) in [6, 6.07) is 15.1. The van der Waals surface area contributed by atoms with E-state index in [9.17, 15) is 4.39 Å². The fourth-order valence-corrected chi connectivity index (χ4v) is 2.74. The molecule has 1 fully saturated rings. The van der Waals surface area contributed by atoms with E-state index in [-0.39, 0.29) is 5.82 Å². The molecule has 0 atom stereocenters. The third-order valence-corrected chi connectivity index (χ3v) is 4.28. The van der Waals surface area contributed by atoms with Gasteiger partial charge in [-0.3, -0.25) is 4.90 Å². The topological polar surface area (TPSA) is 12.5 Å². The Morgan fingerprint density at radius 3 is 2.17 bits per heavy atom. The van der Waals surface area contributed by atoms with Gasteiger partial charge in [-0.05, 0) is 41.3 Å². The van der Waals surface area contributed by atoms with Crippen molar-refractivity contribution in [1.29, 1.82) is 0 Å². The van der Waals surface area contributed by atoms with Crippen LogP contribution in [0, 0.1) is 5.82 Å². The van der Waals surface area contributed by atoms with E-state index in [1.165, 1.54) is 23.3 Å². The molecule has 1 aliphatic rings. The molecule has 0 bridgehead atoms. The fourth-order valence-electron chi connectivity index (χ4n) is 2.74. The molecule has 2 aromatic carbocycles. The summed E-state index contributed by atoms with van der Waals surface area (Å²) in [6.07, 6.45) is 2.28. The first kappa shape index (κ1) is 15.9. The SMILES string of the molecule is CC(=CCN1CCOCC1)c1ccc(-c2ccc(F)cc2)cc1. The van der Waals surface area contributed by atoms with Gasteiger partial charge in [0.1, 0.15) is 5.82 Å². The summed E-state index contributed by atoms with van der Waals surface area (Å²) in [5, 5.41) is 0. The van der Waals surface area contributed by atoms with Crippen LogP contribution in [0.5, 0.6) is 0 Å². The Kier molecular flexibility index (Phi) is 5.21. The van der Waals surface area contributed by atoms with Gasteiger partial charge in [-0.15, -0.1) is 0 Å². The molecule has 0 aliphatic carbocycles. The average Bonchev–Trinajstić information content (AvgIpc) is 2.61. The molecular formula is C20H22FNO. The third-order valence-electron chi connectivity index (χ3n) is 4.28. The second-order valence-electron chi connectivity index (χ2n) is 5.88. The van der Waals surface area contributed by atoms with Crippen LogP contribution in [-0.4, -0.2) is 37.7 Å². The van der Waals surface area contributed by atoms with Gasteiger partial charge in [0.05, 0.1) is 13.2 Å². The first-order valence-electron chi connectivity index (χ1n) is 8.05. The quantitative estimate of drug-likeness (QED) is 0.838. The summed E-state index contributed by atoms with van der Waals surface area (Å²) in [5.41, 5.74) is 4.65. The van der Waals surface area contributed by atoms with Gasteiger partial charge in [0.2, 0.25) is 0 Å². The lowest BCUT2D eigenvalue weighted by Gasteiger charge is -2.25. The van der Waals surface area contributed by atoms with Gasteiger partial charge in [-0.25, -0.2) is 4.39 Å². The molecule has 3 heteroatoms. The van der Waals surface area contributed by atoms with Crippen LogP contribution in [0.25, 0.3) is 16.7 Å². The Labute approximate surface area is 137 Å². The number of hydrogen-bond acceptors (Lipinski definition) is 2. The lowest BCUT2D eigenvalue weighted by Crippen LogP contribution is -2.36. The zero-order valence-electron chi connectivity index (χ0n) is 13.5. The maximum Gasteiger partial charge on any atom is 0.123 e. The van der Waals surface area contributed by atoms with Crippen LogP contribution in [0.1, 0.15) is 12.5 Å². The van der Waals surface area contributed by atoms with Crippen LogP contribution in [0.2, 0.25) is 0 Å². The van der Waals surface area contributed by atoms with Gasteiger partial charge in [-0.1, -0.05) is 42.5 Å². The largest absolute Gasteiger partial charge is 0.379 e. The molecule has 23 heavy (non-hydrogen) atoms. The van der Waals surface area contributed by atoms with Crippen molar-refractivity contribution in [2.24, 2.45) is 0 Å². The molecule has 0 N–H and O–H groups in total. The van der Waals surface area contributed by atoms with Crippen molar-refractivity contribution in [3.05, 3.63) is 66.0 Å². The second-order valence-corrected chi connectivity index (χ2v) is 5.88. The van der Waals surface area contributed by atoms with Gasteiger partial charge in [0.25, 0.3) is 0 Å². The molecule has 2 nitrogen and oxygen atoms in total. The molecule has 1 aliphatic heterocycles. The van der Waals surface area contributed by atoms with Gasteiger partial charge in [0, 0.05) is 19.6 Å². The first-order valence-corrected chi connectivity index (χ1v) is 8.05. The number of benzene rings is 2. The zero-order chi connectivity index (χ0) is 16.1. The van der Waals surface area contributed by atoms with E-state index in [4.69, 9.17) is 4.74 Å². The first-order chi connectivity index (χ1) is 11.2. The Hall–Kier alpha value is -1.97. The molecule has 1 saturated heterocycles. The van der Waals surface area contributed by atoms with Crippen molar-refractivity contribution in [1.82, 2.24) is 4.90 Å². The summed E-state index contributed by atoms with van der Waals surface area (Å²) >= 11 is 0. The van der Waals surface area contributed by atoms with Crippen molar-refractivity contribution in [2.75, 3.05) is 32.8 Å². The maximum atomic E-state index is 13.0. The Balaban J connectivity index is 1.67. The standard InChI is InChI=1S/C20H22FNO/c1-16(10-11-22-12-14-23-15-13-22)17-2-4-18(5-3-17)19-6-8-20(21)9-7-19/h2-10H,11-15H2,1H3. The molecule has 1 heterocycles. The maximum absolute atomic E-state index is 13.0. The van der Waals surface area contributed by atoms with Crippen LogP contribution < -0.4 is 0 Å². The normalized spacial score (nSPS) is 16.5. The molecule has 0 saturated carbocycles. The summed E-state index contributed by atoms with van der Waals surface area (Å²) < 4.78 is 18.4. The minimum Gasteiger partial charge on any atom is -0.379 e. The molecule has 0 radical (unpaired) electrons. The Morgan fingerprint density at radius 2 is 1.57 bits per heavy atom. The molecule has 0 unspecified atom stereocenters. The summed E-state index contributed by atoms with van der Waals surface area (Å²) in [7, 11) is 0. The lowest BCUT2D eigenvalue weighted by atomic mass is 10.0. The van der Waals surface area contributed by atoms with E-state index < -0.39 is 0 Å². The van der Waals surface area contributed by atoms with E-state index in [1.54, 1.807) is 0 Å². The fraction of sp³-hybridized carbons (Fsp3) is 0.300. The van der Waals surface area contributed by atoms with E-state index in [1.807, 2.05) is 12.1 Å². The van der Waals surface area contributed by atoms with Crippen LogP contribution in [0.3, 0.4) is 0 Å². The van der Waals surface area contributed by atoms with Gasteiger partial charge >= 0.3 is 0 Å². The molecule has 0 spiro atoms. The number of nitrogens with zero attached hydrogens (tertiary/aromatic N) is 1. The summed E-state index contributed by atoms with van der Waals surface area (Å²) in [5.74, 6) is -0.202. The predicted octanol–water partition coefficient (Wildman–Crippen LogP) is 4.23. The number of ether oxygens (including phenoxy) is 1. The van der Waals surface area contributed by atoms with Crippen LogP contribution in [-0.2, 0) is 4.74 Å². The molecule has 0 aromatic heterocycles. The van der Waals surface area contributed by atoms with Crippen LogP contribution >= 0.6 is 0 Å². The highest BCUT2D eigenvalue weighted by atomic mass is 19.1. The Morgan fingerprint density at radius 1 is 1.00 bits per heavy atom. The average molecular weight is 311 g/mol. The highest BCUT2D eigenvalue weighted by Crippen LogP contribution is 2.22. The number of morpholine rings is 1. The lowest BCUT2D eigenvalue weighted by molar-refractivity contribution is 0.0435. The number of hydrogen-bond donors (Lipinski definition) is 0. The summed E-state index contributed by atoms with van der Waals surface area (Å²) in [6.45, 7) is 6.79. The van der Waals surface area contributed by atoms with Crippen molar-refractivity contribution >= 4 is 5.57 Å². The Bertz CT molecular complexity index is 655. The molecule has 0 amide bonds. The van der Waals surface area contributed by atoms with Gasteiger partial charge in [-0.2, -0.15) is 0 Å². The van der Waals surface area contributed by atoms with E-state index in [0.717, 1.165) is 44.0 Å². The van der Waals surface area contributed by atoms with Gasteiger partial charge < -0.3 is 4.74 Å². The monoisotopic (exact) mass is 311 g/mol. The summed E-state index contributed by atoms with van der Waals surface area (Å²) in [4.78, 5) is 2.40. The van der Waals surface area contributed by atoms with Crippen LogP contribution in [0.15, 0.2) is 54.6 Å². The number of rotatable bonds is 4. The van der Waals surface area contributed by atoms with Crippen molar-refractivity contribution in [2.45, 2.75) is 6.92 Å². The van der Waals surface area contributed by atoms with Crippen LogP contribution in [0.4, 0.5) is 4.39 Å². The van der Waals surface area contributed by atoms with Crippen molar-refractivity contribution in [3.8, 4) is 11.1 Å². The predicted molar refractivity (Wildman–Crippen MR) is 92.7 cm³/mol. The minimum absolute atomic E-state index is 0.202. The molecular weight excluding hydrogens is 289 g/mol. The minimum atomic E-state index is -0.202. The molecule has 120 valence electrons. The van der Waals surface area contributed by atoms with E-state index >= 15 is 0 Å².